The molecular weight excluding hydrogens is 234 g/mol. The number of anilines is 1. The number of aryl methyl sites for hydroxylation is 2. The van der Waals surface area contributed by atoms with Gasteiger partial charge in [0.25, 0.3) is 5.88 Å². The summed E-state index contributed by atoms with van der Waals surface area (Å²) in [7, 11) is 1.42. The summed E-state index contributed by atoms with van der Waals surface area (Å²) in [5, 5.41) is 10.9. The summed E-state index contributed by atoms with van der Waals surface area (Å²) in [4.78, 5) is 19.1. The predicted octanol–water partition coefficient (Wildman–Crippen LogP) is 2.35. The first-order chi connectivity index (χ1) is 8.51. The summed E-state index contributed by atoms with van der Waals surface area (Å²) >= 11 is 0. The van der Waals surface area contributed by atoms with E-state index in [0.717, 1.165) is 11.1 Å². The Morgan fingerprint density at radius 2 is 1.78 bits per heavy atom. The van der Waals surface area contributed by atoms with Gasteiger partial charge in [0.05, 0.1) is 18.1 Å². The Morgan fingerprint density at radius 3 is 2.28 bits per heavy atom. The molecule has 2 aromatic rings. The maximum Gasteiger partial charge on any atom is 0.410 e. The van der Waals surface area contributed by atoms with Crippen LogP contribution in [0.15, 0.2) is 12.1 Å². The first-order valence-corrected chi connectivity index (χ1v) is 5.34. The monoisotopic (exact) mass is 247 g/mol. The van der Waals surface area contributed by atoms with Crippen molar-refractivity contribution in [2.24, 2.45) is 0 Å². The highest BCUT2D eigenvalue weighted by Gasteiger charge is 2.12. The molecule has 1 heterocycles. The molecule has 0 aliphatic heterocycles. The molecular formula is C12H13N3O3. The molecule has 0 bridgehead atoms. The van der Waals surface area contributed by atoms with Gasteiger partial charge in [-0.3, -0.25) is 5.32 Å². The van der Waals surface area contributed by atoms with Crippen LogP contribution in [0, 0.1) is 13.8 Å². The Kier molecular flexibility index (Phi) is 3.01. The van der Waals surface area contributed by atoms with Crippen molar-refractivity contribution in [2.75, 3.05) is 12.4 Å². The molecule has 6 nitrogen and oxygen atoms in total. The van der Waals surface area contributed by atoms with Gasteiger partial charge in [-0.05, 0) is 37.1 Å². The number of nitrogens with one attached hydrogen (secondary N) is 1. The van der Waals surface area contributed by atoms with E-state index >= 15 is 0 Å². The van der Waals surface area contributed by atoms with Crippen LogP contribution in [-0.2, 0) is 0 Å². The second kappa shape index (κ2) is 4.48. The second-order valence-electron chi connectivity index (χ2n) is 3.94. The Balaban J connectivity index is 2.65. The predicted molar refractivity (Wildman–Crippen MR) is 67.2 cm³/mol. The third kappa shape index (κ3) is 2.17. The van der Waals surface area contributed by atoms with Gasteiger partial charge in [0, 0.05) is 0 Å². The van der Waals surface area contributed by atoms with Crippen molar-refractivity contribution in [3.63, 3.8) is 0 Å². The van der Waals surface area contributed by atoms with E-state index in [2.05, 4.69) is 15.3 Å². The third-order valence-corrected chi connectivity index (χ3v) is 2.67. The number of carboxylic acid groups (broad SMARTS) is 1. The zero-order valence-electron chi connectivity index (χ0n) is 10.3. The molecule has 18 heavy (non-hydrogen) atoms. The summed E-state index contributed by atoms with van der Waals surface area (Å²) in [5.74, 6) is 0.258. The molecule has 94 valence electrons. The van der Waals surface area contributed by atoms with Crippen molar-refractivity contribution in [1.29, 1.82) is 0 Å². The highest BCUT2D eigenvalue weighted by molar-refractivity contribution is 5.86. The molecule has 6 heteroatoms. The van der Waals surface area contributed by atoms with Crippen LogP contribution < -0.4 is 10.1 Å². The normalized spacial score (nSPS) is 10.4. The van der Waals surface area contributed by atoms with Gasteiger partial charge in [-0.15, -0.1) is 0 Å². The molecule has 0 saturated carbocycles. The summed E-state index contributed by atoms with van der Waals surface area (Å²) in [6, 6.07) is 3.76. The van der Waals surface area contributed by atoms with Gasteiger partial charge in [0.1, 0.15) is 0 Å². The molecule has 1 aromatic heterocycles. The number of carbonyl (C=O) groups is 1. The van der Waals surface area contributed by atoms with Crippen LogP contribution in [0.25, 0.3) is 11.0 Å². The average Bonchev–Trinajstić information content (AvgIpc) is 2.30. The van der Waals surface area contributed by atoms with Gasteiger partial charge in [-0.1, -0.05) is 0 Å². The van der Waals surface area contributed by atoms with Gasteiger partial charge < -0.3 is 9.84 Å². The number of hydrogen-bond donors (Lipinski definition) is 2. The largest absolute Gasteiger partial charge is 0.478 e. The number of hydrogen-bond acceptors (Lipinski definition) is 4. The summed E-state index contributed by atoms with van der Waals surface area (Å²) < 4.78 is 5.02. The van der Waals surface area contributed by atoms with Crippen LogP contribution in [0.2, 0.25) is 0 Å². The molecule has 2 rings (SSSR count). The highest BCUT2D eigenvalue weighted by Crippen LogP contribution is 2.24. The zero-order chi connectivity index (χ0) is 13.3. The topological polar surface area (TPSA) is 84.3 Å². The van der Waals surface area contributed by atoms with Crippen LogP contribution in [0.1, 0.15) is 11.1 Å². The Hall–Kier alpha value is -2.37. The minimum Gasteiger partial charge on any atom is -0.478 e. The lowest BCUT2D eigenvalue weighted by atomic mass is 10.1. The molecule has 0 aliphatic rings. The number of ether oxygens (including phenoxy) is 1. The SMILES string of the molecule is COc1nc2cc(C)c(C)cc2nc1NC(=O)O. The first kappa shape index (κ1) is 12.1. The van der Waals surface area contributed by atoms with Crippen LogP contribution in [0.3, 0.4) is 0 Å². The molecule has 2 N–H and O–H groups in total. The van der Waals surface area contributed by atoms with Crippen molar-refractivity contribution >= 4 is 22.9 Å². The molecule has 0 radical (unpaired) electrons. The number of amides is 1. The molecule has 0 spiro atoms. The van der Waals surface area contributed by atoms with E-state index in [-0.39, 0.29) is 11.7 Å². The van der Waals surface area contributed by atoms with Gasteiger partial charge in [-0.25, -0.2) is 14.8 Å². The standard InChI is InChI=1S/C12H13N3O3/c1-6-4-8-9(5-7(6)2)14-11(18-3)10(13-8)15-12(16)17/h4-5H,1-3H3,(H,13,15)(H,16,17). The lowest BCUT2D eigenvalue weighted by molar-refractivity contribution is 0.209. The maximum atomic E-state index is 10.7. The Morgan fingerprint density at radius 1 is 1.22 bits per heavy atom. The molecule has 1 amide bonds. The number of rotatable bonds is 2. The van der Waals surface area contributed by atoms with Crippen molar-refractivity contribution < 1.29 is 14.6 Å². The molecule has 0 fully saturated rings. The minimum atomic E-state index is -1.20. The fourth-order valence-corrected chi connectivity index (χ4v) is 1.62. The number of fused-ring (bicyclic) bond motifs is 1. The van der Waals surface area contributed by atoms with Gasteiger partial charge in [0.2, 0.25) is 0 Å². The second-order valence-corrected chi connectivity index (χ2v) is 3.94. The van der Waals surface area contributed by atoms with E-state index in [1.165, 1.54) is 7.11 Å². The minimum absolute atomic E-state index is 0.0979. The lowest BCUT2D eigenvalue weighted by Gasteiger charge is -2.09. The van der Waals surface area contributed by atoms with Gasteiger partial charge >= 0.3 is 6.09 Å². The highest BCUT2D eigenvalue weighted by atomic mass is 16.5. The van der Waals surface area contributed by atoms with Crippen molar-refractivity contribution in [3.8, 4) is 5.88 Å². The summed E-state index contributed by atoms with van der Waals surface area (Å²) in [6.45, 7) is 3.94. The molecule has 0 atom stereocenters. The van der Waals surface area contributed by atoms with E-state index in [1.807, 2.05) is 26.0 Å². The van der Waals surface area contributed by atoms with Crippen LogP contribution in [0.5, 0.6) is 5.88 Å². The Bertz CT molecular complexity index is 625. The van der Waals surface area contributed by atoms with E-state index in [9.17, 15) is 4.79 Å². The van der Waals surface area contributed by atoms with Crippen LogP contribution in [0.4, 0.5) is 10.6 Å². The van der Waals surface area contributed by atoms with Gasteiger partial charge in [0.15, 0.2) is 5.82 Å². The first-order valence-electron chi connectivity index (χ1n) is 5.34. The molecule has 0 aliphatic carbocycles. The molecule has 0 saturated heterocycles. The summed E-state index contributed by atoms with van der Waals surface area (Å²) in [5.41, 5.74) is 3.47. The smallest absolute Gasteiger partial charge is 0.410 e. The number of benzene rings is 1. The fraction of sp³-hybridized carbons (Fsp3) is 0.250. The summed E-state index contributed by atoms with van der Waals surface area (Å²) in [6.07, 6.45) is -1.20. The number of methoxy groups -OCH3 is 1. The third-order valence-electron chi connectivity index (χ3n) is 2.67. The van der Waals surface area contributed by atoms with Crippen molar-refractivity contribution in [3.05, 3.63) is 23.3 Å². The molecule has 1 aromatic carbocycles. The van der Waals surface area contributed by atoms with E-state index in [4.69, 9.17) is 9.84 Å². The van der Waals surface area contributed by atoms with Crippen LogP contribution >= 0.6 is 0 Å². The van der Waals surface area contributed by atoms with Crippen molar-refractivity contribution in [2.45, 2.75) is 13.8 Å². The van der Waals surface area contributed by atoms with Crippen molar-refractivity contribution in [1.82, 2.24) is 9.97 Å². The number of aromatic nitrogens is 2. The fourth-order valence-electron chi connectivity index (χ4n) is 1.62. The van der Waals surface area contributed by atoms with Gasteiger partial charge in [-0.2, -0.15) is 0 Å². The van der Waals surface area contributed by atoms with E-state index in [0.29, 0.717) is 11.0 Å². The Labute approximate surface area is 104 Å². The van der Waals surface area contributed by atoms with Crippen LogP contribution in [-0.4, -0.2) is 28.3 Å². The quantitative estimate of drug-likeness (QED) is 0.850. The average molecular weight is 247 g/mol. The molecule has 0 unspecified atom stereocenters. The maximum absolute atomic E-state index is 10.7. The lowest BCUT2D eigenvalue weighted by Crippen LogP contribution is -2.11. The zero-order valence-corrected chi connectivity index (χ0v) is 10.3. The van der Waals surface area contributed by atoms with E-state index in [1.54, 1.807) is 0 Å². The number of nitrogens with zero attached hydrogens (tertiary/aromatic N) is 2. The van der Waals surface area contributed by atoms with E-state index < -0.39 is 6.09 Å².